The number of hydrogen-bond acceptors (Lipinski definition) is 3. The molecule has 1 unspecified atom stereocenters. The van der Waals surface area contributed by atoms with Gasteiger partial charge in [-0.3, -0.25) is 0 Å². The first-order valence-corrected chi connectivity index (χ1v) is 5.17. The minimum Gasteiger partial charge on any atom is -0.464 e. The minimum absolute atomic E-state index is 0.115. The maximum atomic E-state index is 12.7. The van der Waals surface area contributed by atoms with Crippen molar-refractivity contribution in [1.82, 2.24) is 0 Å². The Bertz CT molecular complexity index is 381. The molecule has 1 N–H and O–H groups in total. The van der Waals surface area contributed by atoms with Gasteiger partial charge in [-0.2, -0.15) is 0 Å². The van der Waals surface area contributed by atoms with Crippen molar-refractivity contribution in [1.29, 1.82) is 0 Å². The maximum absolute atomic E-state index is 12.7. The molecule has 88 valence electrons. The predicted molar refractivity (Wildman–Crippen MR) is 57.9 cm³/mol. The number of aliphatic hydroxyl groups is 1. The van der Waals surface area contributed by atoms with Crippen molar-refractivity contribution in [2.24, 2.45) is 0 Å². The molecule has 1 rings (SSSR count). The first-order valence-electron chi connectivity index (χ1n) is 4.79. The fourth-order valence-corrected chi connectivity index (χ4v) is 1.55. The molecule has 0 saturated carbocycles. The van der Waals surface area contributed by atoms with Gasteiger partial charge in [0.25, 0.3) is 0 Å². The van der Waals surface area contributed by atoms with Crippen molar-refractivity contribution < 1.29 is 19.0 Å². The standard InChI is InChI=1S/C11H12ClFO3/c1-2-16-11(15)10(14)7-4-3-5-9(12)8(7)6-13/h3-5,10,14H,2,6H2,1H3. The van der Waals surface area contributed by atoms with E-state index in [1.807, 2.05) is 0 Å². The van der Waals surface area contributed by atoms with Crippen LogP contribution in [0.15, 0.2) is 18.2 Å². The highest BCUT2D eigenvalue weighted by Gasteiger charge is 2.22. The van der Waals surface area contributed by atoms with Gasteiger partial charge in [-0.25, -0.2) is 9.18 Å². The monoisotopic (exact) mass is 246 g/mol. The lowest BCUT2D eigenvalue weighted by molar-refractivity contribution is -0.153. The second-order valence-corrected chi connectivity index (χ2v) is 3.50. The van der Waals surface area contributed by atoms with Crippen LogP contribution in [0.5, 0.6) is 0 Å². The summed E-state index contributed by atoms with van der Waals surface area (Å²) in [6.07, 6.45) is -1.50. The second kappa shape index (κ2) is 5.82. The van der Waals surface area contributed by atoms with Crippen molar-refractivity contribution >= 4 is 17.6 Å². The first-order chi connectivity index (χ1) is 7.61. The number of esters is 1. The lowest BCUT2D eigenvalue weighted by Gasteiger charge is -2.13. The third-order valence-corrected chi connectivity index (χ3v) is 2.45. The predicted octanol–water partition coefficient (Wildman–Crippen LogP) is 2.41. The van der Waals surface area contributed by atoms with Gasteiger partial charge in [0, 0.05) is 10.6 Å². The highest BCUT2D eigenvalue weighted by Crippen LogP contribution is 2.26. The molecule has 0 aliphatic carbocycles. The average molecular weight is 247 g/mol. The summed E-state index contributed by atoms with van der Waals surface area (Å²) in [5, 5.41) is 9.84. The van der Waals surface area contributed by atoms with E-state index in [9.17, 15) is 14.3 Å². The zero-order valence-corrected chi connectivity index (χ0v) is 9.50. The van der Waals surface area contributed by atoms with E-state index in [0.29, 0.717) is 0 Å². The number of rotatable bonds is 4. The summed E-state index contributed by atoms with van der Waals surface area (Å²) in [6.45, 7) is 0.936. The van der Waals surface area contributed by atoms with E-state index in [1.54, 1.807) is 13.0 Å². The number of halogens is 2. The van der Waals surface area contributed by atoms with Gasteiger partial charge in [0.15, 0.2) is 6.10 Å². The molecular formula is C11H12ClFO3. The van der Waals surface area contributed by atoms with Gasteiger partial charge in [0.05, 0.1) is 6.61 Å². The molecule has 0 radical (unpaired) electrons. The van der Waals surface area contributed by atoms with E-state index in [4.69, 9.17) is 11.6 Å². The molecule has 1 aromatic rings. The van der Waals surface area contributed by atoms with E-state index < -0.39 is 18.7 Å². The molecule has 0 aliphatic rings. The minimum atomic E-state index is -1.50. The van der Waals surface area contributed by atoms with E-state index in [2.05, 4.69) is 4.74 Å². The summed E-state index contributed by atoms with van der Waals surface area (Å²) in [4.78, 5) is 11.3. The van der Waals surface area contributed by atoms with Crippen LogP contribution in [0.4, 0.5) is 4.39 Å². The largest absolute Gasteiger partial charge is 0.464 e. The van der Waals surface area contributed by atoms with Crippen LogP contribution in [0.25, 0.3) is 0 Å². The van der Waals surface area contributed by atoms with Gasteiger partial charge in [0.1, 0.15) is 6.67 Å². The Balaban J connectivity index is 3.03. The second-order valence-electron chi connectivity index (χ2n) is 3.10. The first kappa shape index (κ1) is 12.9. The molecule has 0 saturated heterocycles. The summed E-state index contributed by atoms with van der Waals surface area (Å²) in [5.41, 5.74) is 0.262. The van der Waals surface area contributed by atoms with Gasteiger partial charge < -0.3 is 9.84 Å². The molecule has 0 amide bonds. The van der Waals surface area contributed by atoms with Crippen molar-refractivity contribution in [2.45, 2.75) is 19.7 Å². The van der Waals surface area contributed by atoms with Gasteiger partial charge in [-0.1, -0.05) is 23.7 Å². The van der Waals surface area contributed by atoms with Gasteiger partial charge in [0.2, 0.25) is 0 Å². The molecule has 0 heterocycles. The SMILES string of the molecule is CCOC(=O)C(O)c1cccc(Cl)c1CF. The van der Waals surface area contributed by atoms with Crippen molar-refractivity contribution in [3.8, 4) is 0 Å². The molecule has 0 fully saturated rings. The Morgan fingerprint density at radius 2 is 2.31 bits per heavy atom. The average Bonchev–Trinajstić information content (AvgIpc) is 2.28. The highest BCUT2D eigenvalue weighted by molar-refractivity contribution is 6.31. The zero-order valence-electron chi connectivity index (χ0n) is 8.74. The van der Waals surface area contributed by atoms with Crippen LogP contribution >= 0.6 is 11.6 Å². The number of hydrogen-bond donors (Lipinski definition) is 1. The quantitative estimate of drug-likeness (QED) is 0.830. The van der Waals surface area contributed by atoms with Crippen LogP contribution in [-0.2, 0) is 16.2 Å². The summed E-state index contributed by atoms with van der Waals surface area (Å²) in [6, 6.07) is 4.49. The number of alkyl halides is 1. The van der Waals surface area contributed by atoms with Crippen molar-refractivity contribution in [3.63, 3.8) is 0 Å². The lowest BCUT2D eigenvalue weighted by atomic mass is 10.0. The molecule has 0 aliphatic heterocycles. The number of carbonyl (C=O) groups is 1. The maximum Gasteiger partial charge on any atom is 0.339 e. The Morgan fingerprint density at radius 3 is 2.88 bits per heavy atom. The topological polar surface area (TPSA) is 46.5 Å². The van der Waals surface area contributed by atoms with Gasteiger partial charge in [-0.05, 0) is 18.6 Å². The molecule has 3 nitrogen and oxygen atoms in total. The number of carbonyl (C=O) groups excluding carboxylic acids is 1. The Labute approximate surface area is 97.8 Å². The van der Waals surface area contributed by atoms with Gasteiger partial charge in [-0.15, -0.1) is 0 Å². The molecule has 0 spiro atoms. The normalized spacial score (nSPS) is 12.2. The summed E-state index contributed by atoms with van der Waals surface area (Å²) in [7, 11) is 0. The summed E-state index contributed by atoms with van der Waals surface area (Å²) >= 11 is 5.75. The molecule has 5 heteroatoms. The fraction of sp³-hybridized carbons (Fsp3) is 0.364. The molecule has 0 bridgehead atoms. The van der Waals surface area contributed by atoms with E-state index in [-0.39, 0.29) is 22.8 Å². The van der Waals surface area contributed by atoms with Crippen molar-refractivity contribution in [3.05, 3.63) is 34.3 Å². The number of aliphatic hydroxyl groups excluding tert-OH is 1. The third kappa shape index (κ3) is 2.71. The van der Waals surface area contributed by atoms with E-state index in [0.717, 1.165) is 0 Å². The molecule has 1 aromatic carbocycles. The van der Waals surface area contributed by atoms with Crippen LogP contribution in [0.1, 0.15) is 24.2 Å². The van der Waals surface area contributed by atoms with Gasteiger partial charge >= 0.3 is 5.97 Å². The summed E-state index contributed by atoms with van der Waals surface area (Å²) < 4.78 is 17.4. The van der Waals surface area contributed by atoms with E-state index >= 15 is 0 Å². The third-order valence-electron chi connectivity index (χ3n) is 2.09. The van der Waals surface area contributed by atoms with Crippen LogP contribution in [0, 0.1) is 0 Å². The Hall–Kier alpha value is -1.13. The number of ether oxygens (including phenoxy) is 1. The molecule has 1 atom stereocenters. The molecule has 0 aromatic heterocycles. The molecule has 16 heavy (non-hydrogen) atoms. The van der Waals surface area contributed by atoms with Crippen LogP contribution in [0.3, 0.4) is 0 Å². The lowest BCUT2D eigenvalue weighted by Crippen LogP contribution is -2.16. The Kier molecular flexibility index (Phi) is 4.71. The Morgan fingerprint density at radius 1 is 1.62 bits per heavy atom. The zero-order chi connectivity index (χ0) is 12.1. The molecular weight excluding hydrogens is 235 g/mol. The fourth-order valence-electron chi connectivity index (χ4n) is 1.32. The van der Waals surface area contributed by atoms with E-state index in [1.165, 1.54) is 12.1 Å². The van der Waals surface area contributed by atoms with Crippen LogP contribution in [0.2, 0.25) is 5.02 Å². The smallest absolute Gasteiger partial charge is 0.339 e. The number of benzene rings is 1. The van der Waals surface area contributed by atoms with Crippen molar-refractivity contribution in [2.75, 3.05) is 6.61 Å². The van der Waals surface area contributed by atoms with Crippen LogP contribution < -0.4 is 0 Å². The van der Waals surface area contributed by atoms with Crippen LogP contribution in [-0.4, -0.2) is 17.7 Å². The summed E-state index contributed by atoms with van der Waals surface area (Å²) in [5.74, 6) is -0.806. The highest BCUT2D eigenvalue weighted by atomic mass is 35.5.